The van der Waals surface area contributed by atoms with Gasteiger partial charge in [-0.25, -0.2) is 0 Å². The third-order valence-corrected chi connectivity index (χ3v) is 2.25. The fourth-order valence-electron chi connectivity index (χ4n) is 1.57. The van der Waals surface area contributed by atoms with Gasteiger partial charge in [0.2, 0.25) is 0 Å². The lowest BCUT2D eigenvalue weighted by atomic mass is 10.1. The second-order valence-electron chi connectivity index (χ2n) is 3.19. The largest absolute Gasteiger partial charge is 0.371 e. The highest BCUT2D eigenvalue weighted by Gasteiger charge is 2.09. The van der Waals surface area contributed by atoms with Gasteiger partial charge in [0.05, 0.1) is 0 Å². The second kappa shape index (κ2) is 3.54. The first-order valence-electron chi connectivity index (χ1n) is 4.61. The van der Waals surface area contributed by atoms with Crippen molar-refractivity contribution in [3.05, 3.63) is 36.0 Å². The summed E-state index contributed by atoms with van der Waals surface area (Å²) in [6.45, 7) is 2.02. The lowest BCUT2D eigenvalue weighted by Crippen LogP contribution is -1.90. The molecule has 0 aliphatic carbocycles. The van der Waals surface area contributed by atoms with Crippen LogP contribution in [0.3, 0.4) is 0 Å². The van der Waals surface area contributed by atoms with Gasteiger partial charge >= 0.3 is 0 Å². The van der Waals surface area contributed by atoms with Gasteiger partial charge in [0.25, 0.3) is 0 Å². The Morgan fingerprint density at radius 1 is 1.21 bits per heavy atom. The molecule has 1 heterocycles. The summed E-state index contributed by atoms with van der Waals surface area (Å²) in [7, 11) is 1.88. The highest BCUT2D eigenvalue weighted by molar-refractivity contribution is 5.77. The number of rotatable bonds is 2. The molecule has 2 N–H and O–H groups in total. The van der Waals surface area contributed by atoms with Gasteiger partial charge in [-0.15, -0.1) is 0 Å². The van der Waals surface area contributed by atoms with Crippen LogP contribution in [-0.2, 0) is 0 Å². The van der Waals surface area contributed by atoms with Crippen LogP contribution in [0.5, 0.6) is 0 Å². The molecule has 2 aromatic rings. The summed E-state index contributed by atoms with van der Waals surface area (Å²) in [5.41, 5.74) is 3.41. The topological polar surface area (TPSA) is 40.7 Å². The summed E-state index contributed by atoms with van der Waals surface area (Å²) in [5, 5.41) is 10.2. The fourth-order valence-corrected chi connectivity index (χ4v) is 1.57. The highest BCUT2D eigenvalue weighted by Crippen LogP contribution is 2.28. The van der Waals surface area contributed by atoms with Crippen LogP contribution in [0, 0.1) is 6.92 Å². The van der Waals surface area contributed by atoms with Gasteiger partial charge in [-0.3, -0.25) is 5.10 Å². The number of aryl methyl sites for hydroxylation is 1. The van der Waals surface area contributed by atoms with E-state index in [9.17, 15) is 0 Å². The minimum atomic E-state index is 0.897. The van der Waals surface area contributed by atoms with E-state index < -0.39 is 0 Å². The standard InChI is InChI=1S/C11H13N3/c1-8-10(11(12-2)14-13-8)9-6-4-3-5-7-9/h3-7H,1-2H3,(H2,12,13,14). The van der Waals surface area contributed by atoms with E-state index in [-0.39, 0.29) is 0 Å². The van der Waals surface area contributed by atoms with Crippen molar-refractivity contribution in [1.82, 2.24) is 10.2 Å². The number of hydrogen-bond donors (Lipinski definition) is 2. The molecule has 0 spiro atoms. The molecule has 2 rings (SSSR count). The Labute approximate surface area is 83.2 Å². The zero-order valence-corrected chi connectivity index (χ0v) is 8.33. The summed E-state index contributed by atoms with van der Waals surface area (Å²) >= 11 is 0. The van der Waals surface area contributed by atoms with E-state index in [4.69, 9.17) is 0 Å². The Morgan fingerprint density at radius 3 is 2.57 bits per heavy atom. The molecule has 3 heteroatoms. The number of nitrogens with one attached hydrogen (secondary N) is 2. The summed E-state index contributed by atoms with van der Waals surface area (Å²) in [6.07, 6.45) is 0. The first-order chi connectivity index (χ1) is 6.83. The molecule has 1 aromatic carbocycles. The predicted molar refractivity (Wildman–Crippen MR) is 58.3 cm³/mol. The molecule has 0 aliphatic rings. The molecule has 0 amide bonds. The van der Waals surface area contributed by atoms with Crippen LogP contribution in [0.2, 0.25) is 0 Å². The van der Waals surface area contributed by atoms with Crippen molar-refractivity contribution in [3.63, 3.8) is 0 Å². The molecule has 3 nitrogen and oxygen atoms in total. The van der Waals surface area contributed by atoms with E-state index in [2.05, 4.69) is 27.6 Å². The van der Waals surface area contributed by atoms with Crippen molar-refractivity contribution in [1.29, 1.82) is 0 Å². The molecular formula is C11H13N3. The number of anilines is 1. The van der Waals surface area contributed by atoms with Crippen molar-refractivity contribution >= 4 is 5.82 Å². The van der Waals surface area contributed by atoms with Crippen LogP contribution in [0.15, 0.2) is 30.3 Å². The van der Waals surface area contributed by atoms with Crippen molar-refractivity contribution in [2.75, 3.05) is 12.4 Å². The van der Waals surface area contributed by atoms with E-state index in [1.54, 1.807) is 0 Å². The molecule has 0 fully saturated rings. The van der Waals surface area contributed by atoms with E-state index in [1.807, 2.05) is 32.2 Å². The maximum atomic E-state index is 4.17. The third-order valence-electron chi connectivity index (χ3n) is 2.25. The van der Waals surface area contributed by atoms with Crippen molar-refractivity contribution in [2.24, 2.45) is 0 Å². The SMILES string of the molecule is CNc1n[nH]c(C)c1-c1ccccc1. The highest BCUT2D eigenvalue weighted by atomic mass is 15.2. The first-order valence-corrected chi connectivity index (χ1v) is 4.61. The monoisotopic (exact) mass is 187 g/mol. The number of nitrogens with zero attached hydrogens (tertiary/aromatic N) is 1. The number of benzene rings is 1. The smallest absolute Gasteiger partial charge is 0.155 e. The Kier molecular flexibility index (Phi) is 2.23. The predicted octanol–water partition coefficient (Wildman–Crippen LogP) is 2.43. The van der Waals surface area contributed by atoms with Gasteiger partial charge < -0.3 is 5.32 Å². The van der Waals surface area contributed by atoms with E-state index in [0.29, 0.717) is 0 Å². The maximum absolute atomic E-state index is 4.17. The van der Waals surface area contributed by atoms with Gasteiger partial charge in [0.1, 0.15) is 0 Å². The normalized spacial score (nSPS) is 10.1. The zero-order chi connectivity index (χ0) is 9.97. The Balaban J connectivity index is 2.55. The average molecular weight is 187 g/mol. The molecule has 0 unspecified atom stereocenters. The molecule has 0 saturated carbocycles. The Hall–Kier alpha value is -1.77. The van der Waals surface area contributed by atoms with Gasteiger partial charge in [-0.1, -0.05) is 30.3 Å². The average Bonchev–Trinajstić information content (AvgIpc) is 2.61. The van der Waals surface area contributed by atoms with Gasteiger partial charge in [-0.05, 0) is 12.5 Å². The van der Waals surface area contributed by atoms with Crippen molar-refractivity contribution < 1.29 is 0 Å². The molecule has 0 atom stereocenters. The molecule has 72 valence electrons. The molecule has 0 radical (unpaired) electrons. The van der Waals surface area contributed by atoms with Crippen molar-refractivity contribution in [3.8, 4) is 11.1 Å². The second-order valence-corrected chi connectivity index (χ2v) is 3.19. The van der Waals surface area contributed by atoms with Gasteiger partial charge in [0.15, 0.2) is 5.82 Å². The van der Waals surface area contributed by atoms with Gasteiger partial charge in [0, 0.05) is 18.3 Å². The third kappa shape index (κ3) is 1.37. The summed E-state index contributed by atoms with van der Waals surface area (Å²) < 4.78 is 0. The van der Waals surface area contributed by atoms with E-state index >= 15 is 0 Å². The van der Waals surface area contributed by atoms with Crippen LogP contribution < -0.4 is 5.32 Å². The quantitative estimate of drug-likeness (QED) is 0.758. The number of hydrogen-bond acceptors (Lipinski definition) is 2. The number of aromatic amines is 1. The minimum Gasteiger partial charge on any atom is -0.371 e. The molecule has 0 bridgehead atoms. The maximum Gasteiger partial charge on any atom is 0.155 e. The Bertz CT molecular complexity index is 417. The zero-order valence-electron chi connectivity index (χ0n) is 8.33. The molecule has 0 aliphatic heterocycles. The molecule has 14 heavy (non-hydrogen) atoms. The fraction of sp³-hybridized carbons (Fsp3) is 0.182. The molecule has 0 saturated heterocycles. The first kappa shape index (κ1) is 8.81. The van der Waals surface area contributed by atoms with Gasteiger partial charge in [-0.2, -0.15) is 5.10 Å². The van der Waals surface area contributed by atoms with Crippen LogP contribution in [0.1, 0.15) is 5.69 Å². The summed E-state index contributed by atoms with van der Waals surface area (Å²) in [4.78, 5) is 0. The summed E-state index contributed by atoms with van der Waals surface area (Å²) in [5.74, 6) is 0.897. The van der Waals surface area contributed by atoms with E-state index in [1.165, 1.54) is 5.56 Å². The van der Waals surface area contributed by atoms with Crippen LogP contribution in [0.4, 0.5) is 5.82 Å². The lowest BCUT2D eigenvalue weighted by Gasteiger charge is -2.02. The van der Waals surface area contributed by atoms with Crippen LogP contribution in [-0.4, -0.2) is 17.2 Å². The lowest BCUT2D eigenvalue weighted by molar-refractivity contribution is 1.05. The molecule has 1 aromatic heterocycles. The Morgan fingerprint density at radius 2 is 1.93 bits per heavy atom. The van der Waals surface area contributed by atoms with Crippen molar-refractivity contribution in [2.45, 2.75) is 6.92 Å². The molecular weight excluding hydrogens is 174 g/mol. The van der Waals surface area contributed by atoms with Crippen LogP contribution in [0.25, 0.3) is 11.1 Å². The number of H-pyrrole nitrogens is 1. The van der Waals surface area contributed by atoms with Crippen LogP contribution >= 0.6 is 0 Å². The summed E-state index contributed by atoms with van der Waals surface area (Å²) in [6, 6.07) is 10.2. The number of aromatic nitrogens is 2. The minimum absolute atomic E-state index is 0.897. The van der Waals surface area contributed by atoms with E-state index in [0.717, 1.165) is 17.1 Å².